The van der Waals surface area contributed by atoms with Crippen molar-refractivity contribution >= 4 is 5.91 Å². The van der Waals surface area contributed by atoms with E-state index in [2.05, 4.69) is 30.7 Å². The Balaban J connectivity index is 1.86. The lowest BCUT2D eigenvalue weighted by atomic mass is 9.86. The van der Waals surface area contributed by atoms with Gasteiger partial charge in [0.2, 0.25) is 5.91 Å². The summed E-state index contributed by atoms with van der Waals surface area (Å²) in [5.41, 5.74) is 0. The number of likely N-dealkylation sites (N-methyl/N-ethyl adjacent to an activating group) is 1. The lowest BCUT2D eigenvalue weighted by Crippen LogP contribution is -2.47. The van der Waals surface area contributed by atoms with Gasteiger partial charge in [0.15, 0.2) is 0 Å². The molecule has 0 spiro atoms. The largest absolute Gasteiger partial charge is 0.341 e. The second-order valence-corrected chi connectivity index (χ2v) is 6.05. The zero-order valence-corrected chi connectivity index (χ0v) is 11.5. The molecule has 2 heterocycles. The molecule has 0 radical (unpaired) electrons. The van der Waals surface area contributed by atoms with Crippen LogP contribution in [0.1, 0.15) is 39.5 Å². The van der Waals surface area contributed by atoms with Gasteiger partial charge in [0, 0.05) is 13.1 Å². The molecule has 2 fully saturated rings. The highest BCUT2D eigenvalue weighted by molar-refractivity contribution is 5.82. The van der Waals surface area contributed by atoms with Crippen molar-refractivity contribution < 1.29 is 4.79 Å². The van der Waals surface area contributed by atoms with E-state index in [0.717, 1.165) is 37.9 Å². The average molecular weight is 238 g/mol. The van der Waals surface area contributed by atoms with Crippen molar-refractivity contribution in [3.05, 3.63) is 0 Å². The molecule has 0 aromatic heterocycles. The predicted molar refractivity (Wildman–Crippen MR) is 69.8 cm³/mol. The number of carbonyl (C=O) groups is 1. The summed E-state index contributed by atoms with van der Waals surface area (Å²) in [5, 5.41) is 0. The van der Waals surface area contributed by atoms with Crippen molar-refractivity contribution in [3.63, 3.8) is 0 Å². The molecule has 1 atom stereocenters. The van der Waals surface area contributed by atoms with Gasteiger partial charge < -0.3 is 4.90 Å². The Morgan fingerprint density at radius 2 is 1.76 bits per heavy atom. The molecule has 3 nitrogen and oxygen atoms in total. The number of piperidine rings is 1. The summed E-state index contributed by atoms with van der Waals surface area (Å²) in [6.45, 7) is 7.64. The summed E-state index contributed by atoms with van der Waals surface area (Å²) < 4.78 is 0. The van der Waals surface area contributed by atoms with Gasteiger partial charge in [-0.3, -0.25) is 9.69 Å². The fraction of sp³-hybridized carbons (Fsp3) is 0.929. The third-order valence-electron chi connectivity index (χ3n) is 4.60. The normalized spacial score (nSPS) is 28.0. The van der Waals surface area contributed by atoms with Crippen LogP contribution in [-0.4, -0.2) is 48.4 Å². The van der Waals surface area contributed by atoms with E-state index < -0.39 is 0 Å². The van der Waals surface area contributed by atoms with E-state index in [1.807, 2.05) is 0 Å². The summed E-state index contributed by atoms with van der Waals surface area (Å²) in [6.07, 6.45) is 4.62. The molecule has 98 valence electrons. The molecular weight excluding hydrogens is 212 g/mol. The minimum Gasteiger partial charge on any atom is -0.341 e. The molecule has 0 aliphatic carbocycles. The summed E-state index contributed by atoms with van der Waals surface area (Å²) >= 11 is 0. The van der Waals surface area contributed by atoms with Gasteiger partial charge in [0.05, 0.1) is 6.04 Å². The van der Waals surface area contributed by atoms with E-state index in [0.29, 0.717) is 5.91 Å². The molecule has 0 bridgehead atoms. The van der Waals surface area contributed by atoms with E-state index >= 15 is 0 Å². The second kappa shape index (κ2) is 5.38. The van der Waals surface area contributed by atoms with Crippen molar-refractivity contribution in [1.82, 2.24) is 9.80 Å². The Kier molecular flexibility index (Phi) is 4.08. The Labute approximate surface area is 105 Å². The molecule has 3 heteroatoms. The highest BCUT2D eigenvalue weighted by Gasteiger charge is 2.33. The highest BCUT2D eigenvalue weighted by Crippen LogP contribution is 2.26. The van der Waals surface area contributed by atoms with Gasteiger partial charge >= 0.3 is 0 Å². The van der Waals surface area contributed by atoms with Crippen LogP contribution in [0.25, 0.3) is 0 Å². The lowest BCUT2D eigenvalue weighted by molar-refractivity contribution is -0.137. The van der Waals surface area contributed by atoms with Crippen LogP contribution in [0.15, 0.2) is 0 Å². The van der Waals surface area contributed by atoms with Crippen LogP contribution in [0.4, 0.5) is 0 Å². The van der Waals surface area contributed by atoms with Crippen LogP contribution >= 0.6 is 0 Å². The first-order chi connectivity index (χ1) is 8.09. The smallest absolute Gasteiger partial charge is 0.239 e. The van der Waals surface area contributed by atoms with Gasteiger partial charge in [-0.15, -0.1) is 0 Å². The van der Waals surface area contributed by atoms with Crippen LogP contribution in [0.3, 0.4) is 0 Å². The van der Waals surface area contributed by atoms with E-state index in [4.69, 9.17) is 0 Å². The van der Waals surface area contributed by atoms with Crippen molar-refractivity contribution in [2.75, 3.05) is 26.7 Å². The summed E-state index contributed by atoms with van der Waals surface area (Å²) in [4.78, 5) is 16.7. The zero-order chi connectivity index (χ0) is 12.4. The molecule has 2 aliphatic rings. The van der Waals surface area contributed by atoms with E-state index in [9.17, 15) is 4.79 Å². The van der Waals surface area contributed by atoms with Gasteiger partial charge in [0.1, 0.15) is 0 Å². The van der Waals surface area contributed by atoms with Crippen LogP contribution < -0.4 is 0 Å². The van der Waals surface area contributed by atoms with Crippen molar-refractivity contribution in [2.45, 2.75) is 45.6 Å². The summed E-state index contributed by atoms with van der Waals surface area (Å²) in [5.74, 6) is 1.97. The number of hydrogen-bond acceptors (Lipinski definition) is 2. The quantitative estimate of drug-likeness (QED) is 0.734. The molecule has 17 heavy (non-hydrogen) atoms. The van der Waals surface area contributed by atoms with Crippen LogP contribution in [0.2, 0.25) is 0 Å². The standard InChI is InChI=1S/C14H26N2O/c1-11(2)12-6-9-16(10-7-12)14(17)13-5-4-8-15(13)3/h11-13H,4-10H2,1-3H3. The van der Waals surface area contributed by atoms with Crippen molar-refractivity contribution in [2.24, 2.45) is 11.8 Å². The number of amides is 1. The average Bonchev–Trinajstić information content (AvgIpc) is 2.74. The van der Waals surface area contributed by atoms with Crippen molar-refractivity contribution in [3.8, 4) is 0 Å². The maximum absolute atomic E-state index is 12.4. The molecule has 2 saturated heterocycles. The number of carbonyl (C=O) groups excluding carboxylic acids is 1. The fourth-order valence-electron chi connectivity index (χ4n) is 3.22. The maximum Gasteiger partial charge on any atom is 0.239 e. The van der Waals surface area contributed by atoms with Crippen molar-refractivity contribution in [1.29, 1.82) is 0 Å². The molecule has 0 aromatic carbocycles. The number of nitrogens with zero attached hydrogens (tertiary/aromatic N) is 2. The SMILES string of the molecule is CC(C)C1CCN(C(=O)C2CCCN2C)CC1. The second-order valence-electron chi connectivity index (χ2n) is 6.05. The van der Waals surface area contributed by atoms with E-state index in [-0.39, 0.29) is 6.04 Å². The van der Waals surface area contributed by atoms with Crippen LogP contribution in [-0.2, 0) is 4.79 Å². The molecule has 0 N–H and O–H groups in total. The van der Waals surface area contributed by atoms with Gasteiger partial charge in [-0.05, 0) is 51.1 Å². The molecule has 0 saturated carbocycles. The molecule has 2 rings (SSSR count). The van der Waals surface area contributed by atoms with Crippen LogP contribution in [0.5, 0.6) is 0 Å². The maximum atomic E-state index is 12.4. The number of hydrogen-bond donors (Lipinski definition) is 0. The first kappa shape index (κ1) is 12.9. The highest BCUT2D eigenvalue weighted by atomic mass is 16.2. The molecule has 1 amide bonds. The predicted octanol–water partition coefficient (Wildman–Crippen LogP) is 1.98. The van der Waals surface area contributed by atoms with E-state index in [1.165, 1.54) is 19.3 Å². The topological polar surface area (TPSA) is 23.6 Å². The first-order valence-electron chi connectivity index (χ1n) is 7.08. The Morgan fingerprint density at radius 3 is 2.24 bits per heavy atom. The minimum absolute atomic E-state index is 0.172. The summed E-state index contributed by atoms with van der Waals surface area (Å²) in [7, 11) is 2.08. The number of rotatable bonds is 2. The molecular formula is C14H26N2O. The third kappa shape index (κ3) is 2.82. The van der Waals surface area contributed by atoms with E-state index in [1.54, 1.807) is 0 Å². The Hall–Kier alpha value is -0.570. The summed E-state index contributed by atoms with van der Waals surface area (Å²) in [6, 6.07) is 0.172. The van der Waals surface area contributed by atoms with Gasteiger partial charge in [-0.2, -0.15) is 0 Å². The van der Waals surface area contributed by atoms with Gasteiger partial charge in [0.25, 0.3) is 0 Å². The monoisotopic (exact) mass is 238 g/mol. The molecule has 0 aromatic rings. The minimum atomic E-state index is 0.172. The van der Waals surface area contributed by atoms with Gasteiger partial charge in [-0.1, -0.05) is 13.8 Å². The Morgan fingerprint density at radius 1 is 1.12 bits per heavy atom. The first-order valence-corrected chi connectivity index (χ1v) is 7.08. The third-order valence-corrected chi connectivity index (χ3v) is 4.60. The zero-order valence-electron chi connectivity index (χ0n) is 11.5. The molecule has 1 unspecified atom stereocenters. The Bertz CT molecular complexity index is 269. The lowest BCUT2D eigenvalue weighted by Gasteiger charge is -2.36. The molecule has 2 aliphatic heterocycles. The number of likely N-dealkylation sites (tertiary alicyclic amines) is 2. The van der Waals surface area contributed by atoms with Crippen LogP contribution in [0, 0.1) is 11.8 Å². The van der Waals surface area contributed by atoms with Gasteiger partial charge in [-0.25, -0.2) is 0 Å². The fourth-order valence-corrected chi connectivity index (χ4v) is 3.22.